The third-order valence-corrected chi connectivity index (χ3v) is 6.70. The Bertz CT molecular complexity index is 1020. The molecule has 0 N–H and O–H groups in total. The summed E-state index contributed by atoms with van der Waals surface area (Å²) in [6.45, 7) is 2.83. The maximum atomic E-state index is 13.7. The fourth-order valence-electron chi connectivity index (χ4n) is 4.75. The van der Waals surface area contributed by atoms with Crippen LogP contribution in [0.15, 0.2) is 49.1 Å². The van der Waals surface area contributed by atoms with E-state index >= 15 is 0 Å². The SMILES string of the molecule is O=C(N1CCN(c2ccc(-n3cncn3)nn2)CC1)C1(c2ccc(Cl)cc2)CCCC1. The summed E-state index contributed by atoms with van der Waals surface area (Å²) in [7, 11) is 0. The Hall–Kier alpha value is -3.00. The molecule has 2 fully saturated rings. The third-order valence-electron chi connectivity index (χ3n) is 6.44. The number of carbonyl (C=O) groups excluding carboxylic acids is 1. The minimum Gasteiger partial charge on any atom is -0.352 e. The van der Waals surface area contributed by atoms with E-state index in [1.807, 2.05) is 41.3 Å². The van der Waals surface area contributed by atoms with E-state index in [2.05, 4.69) is 25.2 Å². The van der Waals surface area contributed by atoms with Gasteiger partial charge in [-0.25, -0.2) is 9.67 Å². The molecule has 0 bridgehead atoms. The number of rotatable bonds is 4. The molecular formula is C22H24ClN7O. The predicted molar refractivity (Wildman–Crippen MR) is 117 cm³/mol. The van der Waals surface area contributed by atoms with E-state index < -0.39 is 5.41 Å². The summed E-state index contributed by atoms with van der Waals surface area (Å²) in [6.07, 6.45) is 7.04. The number of benzene rings is 1. The fraction of sp³-hybridized carbons (Fsp3) is 0.409. The van der Waals surface area contributed by atoms with Crippen LogP contribution in [0.2, 0.25) is 5.02 Å². The molecule has 1 amide bonds. The molecule has 160 valence electrons. The molecule has 1 saturated carbocycles. The smallest absolute Gasteiger partial charge is 0.233 e. The molecule has 3 aromatic rings. The normalized spacial score (nSPS) is 18.4. The first-order valence-corrected chi connectivity index (χ1v) is 11.0. The summed E-state index contributed by atoms with van der Waals surface area (Å²) in [4.78, 5) is 21.8. The highest BCUT2D eigenvalue weighted by molar-refractivity contribution is 6.30. The van der Waals surface area contributed by atoms with Gasteiger partial charge in [-0.2, -0.15) is 5.10 Å². The monoisotopic (exact) mass is 437 g/mol. The number of anilines is 1. The number of amides is 1. The van der Waals surface area contributed by atoms with Crippen molar-refractivity contribution in [3.05, 3.63) is 59.6 Å². The molecule has 31 heavy (non-hydrogen) atoms. The van der Waals surface area contributed by atoms with E-state index in [4.69, 9.17) is 11.6 Å². The largest absolute Gasteiger partial charge is 0.352 e. The first-order valence-electron chi connectivity index (χ1n) is 10.6. The molecule has 1 aliphatic carbocycles. The van der Waals surface area contributed by atoms with Crippen molar-refractivity contribution in [2.45, 2.75) is 31.1 Å². The van der Waals surface area contributed by atoms with E-state index in [-0.39, 0.29) is 5.91 Å². The second-order valence-electron chi connectivity index (χ2n) is 8.17. The van der Waals surface area contributed by atoms with Crippen molar-refractivity contribution in [3.8, 4) is 5.82 Å². The lowest BCUT2D eigenvalue weighted by Crippen LogP contribution is -2.54. The number of aromatic nitrogens is 5. The number of nitrogens with zero attached hydrogens (tertiary/aromatic N) is 7. The Morgan fingerprint density at radius 3 is 2.19 bits per heavy atom. The van der Waals surface area contributed by atoms with Gasteiger partial charge in [0, 0.05) is 31.2 Å². The summed E-state index contributed by atoms with van der Waals surface area (Å²) in [5.74, 6) is 1.69. The zero-order chi connectivity index (χ0) is 21.3. The van der Waals surface area contributed by atoms with Crippen LogP contribution in [0.3, 0.4) is 0 Å². The minimum atomic E-state index is -0.411. The third kappa shape index (κ3) is 3.76. The predicted octanol–water partition coefficient (Wildman–Crippen LogP) is 2.87. The van der Waals surface area contributed by atoms with Crippen molar-refractivity contribution >= 4 is 23.3 Å². The van der Waals surface area contributed by atoms with Crippen molar-refractivity contribution in [3.63, 3.8) is 0 Å². The van der Waals surface area contributed by atoms with Crippen LogP contribution < -0.4 is 4.90 Å². The Morgan fingerprint density at radius 1 is 0.903 bits per heavy atom. The Balaban J connectivity index is 1.27. The van der Waals surface area contributed by atoms with Crippen molar-refractivity contribution in [2.24, 2.45) is 0 Å². The molecule has 0 radical (unpaired) electrons. The van der Waals surface area contributed by atoms with E-state index in [0.717, 1.165) is 50.2 Å². The second kappa shape index (κ2) is 8.26. The Labute approximate surface area is 185 Å². The first-order chi connectivity index (χ1) is 15.2. The van der Waals surface area contributed by atoms with Crippen LogP contribution in [0.25, 0.3) is 5.82 Å². The lowest BCUT2D eigenvalue weighted by atomic mass is 9.77. The van der Waals surface area contributed by atoms with Crippen LogP contribution >= 0.6 is 11.6 Å². The highest BCUT2D eigenvalue weighted by Gasteiger charge is 2.45. The lowest BCUT2D eigenvalue weighted by molar-refractivity contribution is -0.137. The molecule has 9 heteroatoms. The van der Waals surface area contributed by atoms with Gasteiger partial charge in [-0.05, 0) is 42.7 Å². The molecule has 0 atom stereocenters. The van der Waals surface area contributed by atoms with Crippen molar-refractivity contribution in [1.29, 1.82) is 0 Å². The fourth-order valence-corrected chi connectivity index (χ4v) is 4.88. The average Bonchev–Trinajstić information content (AvgIpc) is 3.53. The van der Waals surface area contributed by atoms with Crippen LogP contribution in [0, 0.1) is 0 Å². The standard InChI is InChI=1S/C22H24ClN7O/c23-18-5-3-17(4-6-18)22(9-1-2-10-22)21(31)29-13-11-28(12-14-29)19-7-8-20(27-26-19)30-16-24-15-25-30/h3-8,15-16H,1-2,9-14H2. The zero-order valence-electron chi connectivity index (χ0n) is 17.2. The molecule has 5 rings (SSSR count). The topological polar surface area (TPSA) is 80.0 Å². The molecule has 3 heterocycles. The van der Waals surface area contributed by atoms with Gasteiger partial charge in [0.1, 0.15) is 12.7 Å². The minimum absolute atomic E-state index is 0.250. The van der Waals surface area contributed by atoms with Crippen LogP contribution in [0.5, 0.6) is 0 Å². The van der Waals surface area contributed by atoms with Crippen LogP contribution in [-0.2, 0) is 10.2 Å². The van der Waals surface area contributed by atoms with Gasteiger partial charge in [-0.1, -0.05) is 36.6 Å². The molecule has 2 aliphatic rings. The maximum absolute atomic E-state index is 13.7. The summed E-state index contributed by atoms with van der Waals surface area (Å²) in [6, 6.07) is 11.6. The molecule has 1 aliphatic heterocycles. The van der Waals surface area contributed by atoms with Gasteiger partial charge >= 0.3 is 0 Å². The number of hydrogen-bond donors (Lipinski definition) is 0. The highest BCUT2D eigenvalue weighted by atomic mass is 35.5. The van der Waals surface area contributed by atoms with E-state index in [0.29, 0.717) is 23.9 Å². The van der Waals surface area contributed by atoms with Crippen molar-refractivity contribution < 1.29 is 4.79 Å². The maximum Gasteiger partial charge on any atom is 0.233 e. The number of halogens is 1. The van der Waals surface area contributed by atoms with Gasteiger partial charge in [0.15, 0.2) is 11.6 Å². The Kier molecular flexibility index (Phi) is 5.31. The van der Waals surface area contributed by atoms with Gasteiger partial charge in [0.25, 0.3) is 0 Å². The van der Waals surface area contributed by atoms with Gasteiger partial charge < -0.3 is 9.80 Å². The van der Waals surface area contributed by atoms with E-state index in [1.165, 1.54) is 6.33 Å². The van der Waals surface area contributed by atoms with Crippen molar-refractivity contribution in [2.75, 3.05) is 31.1 Å². The quantitative estimate of drug-likeness (QED) is 0.624. The van der Waals surface area contributed by atoms with Crippen LogP contribution in [0.1, 0.15) is 31.2 Å². The average molecular weight is 438 g/mol. The van der Waals surface area contributed by atoms with Gasteiger partial charge in [-0.15, -0.1) is 10.2 Å². The molecule has 0 spiro atoms. The molecule has 1 saturated heterocycles. The molecule has 0 unspecified atom stereocenters. The van der Waals surface area contributed by atoms with Crippen LogP contribution in [-0.4, -0.2) is 61.9 Å². The first kappa shape index (κ1) is 19.9. The highest BCUT2D eigenvalue weighted by Crippen LogP contribution is 2.43. The number of carbonyl (C=O) groups is 1. The van der Waals surface area contributed by atoms with Gasteiger partial charge in [-0.3, -0.25) is 4.79 Å². The summed E-state index contributed by atoms with van der Waals surface area (Å²) >= 11 is 6.09. The van der Waals surface area contributed by atoms with Gasteiger partial charge in [0.2, 0.25) is 5.91 Å². The lowest BCUT2D eigenvalue weighted by Gasteiger charge is -2.40. The summed E-state index contributed by atoms with van der Waals surface area (Å²) in [5.41, 5.74) is 0.683. The zero-order valence-corrected chi connectivity index (χ0v) is 17.9. The van der Waals surface area contributed by atoms with Crippen molar-refractivity contribution in [1.82, 2.24) is 29.9 Å². The molecule has 2 aromatic heterocycles. The number of hydrogen-bond acceptors (Lipinski definition) is 6. The second-order valence-corrected chi connectivity index (χ2v) is 8.60. The summed E-state index contributed by atoms with van der Waals surface area (Å²) in [5, 5.41) is 13.4. The number of piperazine rings is 1. The molecular weight excluding hydrogens is 414 g/mol. The van der Waals surface area contributed by atoms with Crippen LogP contribution in [0.4, 0.5) is 5.82 Å². The van der Waals surface area contributed by atoms with Gasteiger partial charge in [0.05, 0.1) is 5.41 Å². The molecule has 8 nitrogen and oxygen atoms in total. The Morgan fingerprint density at radius 2 is 1.58 bits per heavy atom. The van der Waals surface area contributed by atoms with E-state index in [1.54, 1.807) is 11.0 Å². The van der Waals surface area contributed by atoms with E-state index in [9.17, 15) is 4.79 Å². The molecule has 1 aromatic carbocycles. The summed E-state index contributed by atoms with van der Waals surface area (Å²) < 4.78 is 1.57.